The Labute approximate surface area is 99.9 Å². The molecule has 1 unspecified atom stereocenters. The van der Waals surface area contributed by atoms with Gasteiger partial charge in [0.2, 0.25) is 5.89 Å². The van der Waals surface area contributed by atoms with E-state index in [2.05, 4.69) is 16.4 Å². The lowest BCUT2D eigenvalue weighted by Crippen LogP contribution is -2.06. The number of anilines is 1. The van der Waals surface area contributed by atoms with Crippen LogP contribution < -0.4 is 5.32 Å². The van der Waals surface area contributed by atoms with Crippen LogP contribution in [0.25, 0.3) is 0 Å². The summed E-state index contributed by atoms with van der Waals surface area (Å²) in [5, 5.41) is 12.0. The molecule has 0 saturated carbocycles. The van der Waals surface area contributed by atoms with E-state index in [4.69, 9.17) is 9.68 Å². The first-order valence-corrected chi connectivity index (χ1v) is 5.38. The number of hydrogen-bond acceptors (Lipinski definition) is 4. The summed E-state index contributed by atoms with van der Waals surface area (Å²) < 4.78 is 5.44. The third-order valence-electron chi connectivity index (χ3n) is 2.41. The van der Waals surface area contributed by atoms with Gasteiger partial charge in [0.25, 0.3) is 0 Å². The van der Waals surface area contributed by atoms with Crippen LogP contribution >= 0.6 is 0 Å². The normalized spacial score (nSPS) is 11.8. The lowest BCUT2D eigenvalue weighted by Gasteiger charge is -2.11. The molecule has 0 aliphatic rings. The molecule has 0 fully saturated rings. The van der Waals surface area contributed by atoms with Crippen LogP contribution in [0.4, 0.5) is 5.69 Å². The largest absolute Gasteiger partial charge is 0.444 e. The van der Waals surface area contributed by atoms with Crippen molar-refractivity contribution in [2.45, 2.75) is 19.9 Å². The smallest absolute Gasteiger partial charge is 0.216 e. The van der Waals surface area contributed by atoms with Gasteiger partial charge in [-0.1, -0.05) is 0 Å². The van der Waals surface area contributed by atoms with Crippen LogP contribution in [0.3, 0.4) is 0 Å². The molecule has 17 heavy (non-hydrogen) atoms. The molecular formula is C13H13N3O. The molecule has 0 amide bonds. The molecule has 0 spiro atoms. The topological polar surface area (TPSA) is 61.9 Å². The third kappa shape index (κ3) is 2.64. The molecule has 4 heteroatoms. The Bertz CT molecular complexity index is 537. The van der Waals surface area contributed by atoms with E-state index in [1.54, 1.807) is 18.3 Å². The quantitative estimate of drug-likeness (QED) is 0.875. The van der Waals surface area contributed by atoms with Crippen LogP contribution in [-0.2, 0) is 0 Å². The van der Waals surface area contributed by atoms with Crippen LogP contribution in [0.1, 0.15) is 30.2 Å². The number of benzene rings is 1. The van der Waals surface area contributed by atoms with E-state index in [1.165, 1.54) is 0 Å². The van der Waals surface area contributed by atoms with E-state index >= 15 is 0 Å². The maximum atomic E-state index is 8.70. The summed E-state index contributed by atoms with van der Waals surface area (Å²) in [5.41, 5.74) is 1.59. The minimum absolute atomic E-state index is 0.00312. The van der Waals surface area contributed by atoms with E-state index in [1.807, 2.05) is 26.0 Å². The monoisotopic (exact) mass is 227 g/mol. The minimum atomic E-state index is -0.00312. The fourth-order valence-corrected chi connectivity index (χ4v) is 1.53. The van der Waals surface area contributed by atoms with Crippen LogP contribution in [0.5, 0.6) is 0 Å². The van der Waals surface area contributed by atoms with Crippen LogP contribution in [0.2, 0.25) is 0 Å². The molecule has 0 radical (unpaired) electrons. The molecule has 0 bridgehead atoms. The van der Waals surface area contributed by atoms with E-state index in [0.717, 1.165) is 11.4 Å². The second-order valence-corrected chi connectivity index (χ2v) is 3.86. The maximum absolute atomic E-state index is 8.70. The van der Waals surface area contributed by atoms with Crippen LogP contribution in [0.15, 0.2) is 34.9 Å². The standard InChI is InChI=1S/C13H13N3O/c1-9-8-15-13(17-9)10(2)16-12-5-3-11(7-14)4-6-12/h3-6,8,10,16H,1-2H3. The van der Waals surface area contributed by atoms with Crippen molar-refractivity contribution < 1.29 is 4.42 Å². The van der Waals surface area contributed by atoms with Crippen molar-refractivity contribution in [3.05, 3.63) is 47.7 Å². The molecule has 0 aliphatic carbocycles. The minimum Gasteiger partial charge on any atom is -0.444 e. The van der Waals surface area contributed by atoms with Gasteiger partial charge in [0.15, 0.2) is 0 Å². The fraction of sp³-hybridized carbons (Fsp3) is 0.231. The number of nitrogens with zero attached hydrogens (tertiary/aromatic N) is 2. The molecule has 4 nitrogen and oxygen atoms in total. The molecule has 1 aromatic heterocycles. The Kier molecular flexibility index (Phi) is 3.10. The zero-order valence-electron chi connectivity index (χ0n) is 9.77. The lowest BCUT2D eigenvalue weighted by molar-refractivity contribution is 0.454. The van der Waals surface area contributed by atoms with Crippen molar-refractivity contribution in [3.63, 3.8) is 0 Å². The van der Waals surface area contributed by atoms with Gasteiger partial charge >= 0.3 is 0 Å². The molecule has 0 aliphatic heterocycles. The summed E-state index contributed by atoms with van der Waals surface area (Å²) in [7, 11) is 0. The van der Waals surface area contributed by atoms with Gasteiger partial charge in [-0.2, -0.15) is 5.26 Å². The van der Waals surface area contributed by atoms with Gasteiger partial charge in [0.1, 0.15) is 11.8 Å². The van der Waals surface area contributed by atoms with Crippen molar-refractivity contribution >= 4 is 5.69 Å². The predicted molar refractivity (Wildman–Crippen MR) is 64.4 cm³/mol. The number of nitriles is 1. The van der Waals surface area contributed by atoms with Crippen molar-refractivity contribution in [2.24, 2.45) is 0 Å². The molecule has 2 aromatic rings. The highest BCUT2D eigenvalue weighted by atomic mass is 16.4. The lowest BCUT2D eigenvalue weighted by atomic mass is 10.2. The first-order chi connectivity index (χ1) is 8.19. The van der Waals surface area contributed by atoms with Gasteiger partial charge in [-0.25, -0.2) is 4.98 Å². The van der Waals surface area contributed by atoms with E-state index in [0.29, 0.717) is 11.5 Å². The number of rotatable bonds is 3. The van der Waals surface area contributed by atoms with Gasteiger partial charge in [0, 0.05) is 5.69 Å². The van der Waals surface area contributed by atoms with Gasteiger partial charge in [-0.05, 0) is 38.1 Å². The number of hydrogen-bond donors (Lipinski definition) is 1. The highest BCUT2D eigenvalue weighted by Crippen LogP contribution is 2.19. The van der Waals surface area contributed by atoms with E-state index < -0.39 is 0 Å². The average molecular weight is 227 g/mol. The maximum Gasteiger partial charge on any atom is 0.216 e. The summed E-state index contributed by atoms with van der Waals surface area (Å²) in [6, 6.07) is 9.36. The highest BCUT2D eigenvalue weighted by molar-refractivity contribution is 5.48. The van der Waals surface area contributed by atoms with Crippen molar-refractivity contribution in [1.82, 2.24) is 4.98 Å². The predicted octanol–water partition coefficient (Wildman–Crippen LogP) is 3.03. The molecule has 86 valence electrons. The Morgan fingerprint density at radius 1 is 1.35 bits per heavy atom. The number of aryl methyl sites for hydroxylation is 1. The average Bonchev–Trinajstić information content (AvgIpc) is 2.77. The van der Waals surface area contributed by atoms with Crippen molar-refractivity contribution in [2.75, 3.05) is 5.32 Å². The molecule has 1 heterocycles. The Balaban J connectivity index is 2.08. The summed E-state index contributed by atoms with van der Waals surface area (Å²) in [4.78, 5) is 4.16. The Hall–Kier alpha value is -2.28. The second kappa shape index (κ2) is 4.71. The first kappa shape index (κ1) is 11.2. The number of nitrogens with one attached hydrogen (secondary N) is 1. The zero-order valence-corrected chi connectivity index (χ0v) is 9.77. The zero-order chi connectivity index (χ0) is 12.3. The van der Waals surface area contributed by atoms with Gasteiger partial charge in [-0.15, -0.1) is 0 Å². The second-order valence-electron chi connectivity index (χ2n) is 3.86. The van der Waals surface area contributed by atoms with Gasteiger partial charge in [0.05, 0.1) is 17.8 Å². The Morgan fingerprint density at radius 2 is 2.06 bits per heavy atom. The molecule has 2 rings (SSSR count). The summed E-state index contributed by atoms with van der Waals surface area (Å²) in [6.07, 6.45) is 1.70. The SMILES string of the molecule is Cc1cnc(C(C)Nc2ccc(C#N)cc2)o1. The highest BCUT2D eigenvalue weighted by Gasteiger charge is 2.10. The van der Waals surface area contributed by atoms with E-state index in [-0.39, 0.29) is 6.04 Å². The van der Waals surface area contributed by atoms with Crippen LogP contribution in [-0.4, -0.2) is 4.98 Å². The van der Waals surface area contributed by atoms with E-state index in [9.17, 15) is 0 Å². The molecule has 1 atom stereocenters. The molecule has 1 N–H and O–H groups in total. The first-order valence-electron chi connectivity index (χ1n) is 5.38. The molecule has 0 saturated heterocycles. The van der Waals surface area contributed by atoms with Gasteiger partial charge < -0.3 is 9.73 Å². The fourth-order valence-electron chi connectivity index (χ4n) is 1.53. The molecule has 1 aromatic carbocycles. The number of aromatic nitrogens is 1. The van der Waals surface area contributed by atoms with Gasteiger partial charge in [-0.3, -0.25) is 0 Å². The number of oxazole rings is 1. The summed E-state index contributed by atoms with van der Waals surface area (Å²) >= 11 is 0. The summed E-state index contributed by atoms with van der Waals surface area (Å²) in [6.45, 7) is 3.84. The third-order valence-corrected chi connectivity index (χ3v) is 2.41. The van der Waals surface area contributed by atoms with Crippen molar-refractivity contribution in [3.8, 4) is 6.07 Å². The summed E-state index contributed by atoms with van der Waals surface area (Å²) in [5.74, 6) is 1.46. The van der Waals surface area contributed by atoms with Crippen LogP contribution in [0, 0.1) is 18.3 Å². The molecular weight excluding hydrogens is 214 g/mol. The van der Waals surface area contributed by atoms with Crippen molar-refractivity contribution in [1.29, 1.82) is 5.26 Å². The Morgan fingerprint density at radius 3 is 2.59 bits per heavy atom.